The van der Waals surface area contributed by atoms with E-state index in [4.69, 9.17) is 9.47 Å². The molecule has 1 aromatic carbocycles. The Morgan fingerprint density at radius 2 is 1.92 bits per heavy atom. The topological polar surface area (TPSA) is 59.6 Å². The van der Waals surface area contributed by atoms with E-state index in [-0.39, 0.29) is 23.3 Å². The van der Waals surface area contributed by atoms with Gasteiger partial charge < -0.3 is 20.1 Å². The summed E-state index contributed by atoms with van der Waals surface area (Å²) in [5.41, 5.74) is 1.11. The Morgan fingerprint density at radius 3 is 2.56 bits per heavy atom. The summed E-state index contributed by atoms with van der Waals surface area (Å²) in [5, 5.41) is 6.39. The molecule has 0 bridgehead atoms. The van der Waals surface area contributed by atoms with Crippen LogP contribution in [-0.4, -0.2) is 45.9 Å². The molecule has 0 spiro atoms. The van der Waals surface area contributed by atoms with Gasteiger partial charge >= 0.3 is 0 Å². The minimum Gasteiger partial charge on any atom is -0.483 e. The van der Waals surface area contributed by atoms with Crippen molar-refractivity contribution in [2.45, 2.75) is 39.0 Å². The van der Waals surface area contributed by atoms with Crippen LogP contribution in [0.25, 0.3) is 0 Å². The predicted octanol–water partition coefficient (Wildman–Crippen LogP) is 2.50. The number of nitrogens with one attached hydrogen (secondary N) is 2. The lowest BCUT2D eigenvalue weighted by molar-refractivity contribution is -0.124. The quantitative estimate of drug-likeness (QED) is 0.795. The van der Waals surface area contributed by atoms with Gasteiger partial charge in [0, 0.05) is 19.1 Å². The number of hydrogen-bond acceptors (Lipinski definition) is 4. The summed E-state index contributed by atoms with van der Waals surface area (Å²) < 4.78 is 11.2. The van der Waals surface area contributed by atoms with Crippen molar-refractivity contribution < 1.29 is 14.3 Å². The van der Waals surface area contributed by atoms with Crippen LogP contribution in [0.2, 0.25) is 0 Å². The first-order chi connectivity index (χ1) is 11.9. The monoisotopic (exact) mass is 348 g/mol. The normalized spacial score (nSPS) is 17.1. The van der Waals surface area contributed by atoms with Crippen molar-refractivity contribution in [2.24, 2.45) is 5.41 Å². The van der Waals surface area contributed by atoms with Crippen molar-refractivity contribution in [3.05, 3.63) is 29.8 Å². The molecule has 0 atom stereocenters. The maximum Gasteiger partial charge on any atom is 0.257 e. The zero-order valence-corrected chi connectivity index (χ0v) is 16.0. The van der Waals surface area contributed by atoms with Gasteiger partial charge in [-0.25, -0.2) is 0 Å². The Labute approximate surface area is 151 Å². The molecule has 1 aliphatic heterocycles. The first-order valence-electron chi connectivity index (χ1n) is 9.05. The van der Waals surface area contributed by atoms with Crippen LogP contribution in [0.5, 0.6) is 5.75 Å². The van der Waals surface area contributed by atoms with Crippen LogP contribution < -0.4 is 15.4 Å². The molecule has 25 heavy (non-hydrogen) atoms. The zero-order valence-electron chi connectivity index (χ0n) is 16.0. The molecule has 1 aromatic rings. The summed E-state index contributed by atoms with van der Waals surface area (Å²) in [6.45, 7) is 9.69. The molecule has 1 heterocycles. The van der Waals surface area contributed by atoms with Gasteiger partial charge in [-0.1, -0.05) is 39.0 Å². The lowest BCUT2D eigenvalue weighted by Crippen LogP contribution is -2.47. The first kappa shape index (κ1) is 19.7. The van der Waals surface area contributed by atoms with Gasteiger partial charge in [-0.2, -0.15) is 0 Å². The van der Waals surface area contributed by atoms with E-state index in [0.717, 1.165) is 37.2 Å². The highest BCUT2D eigenvalue weighted by Crippen LogP contribution is 2.31. The lowest BCUT2D eigenvalue weighted by Gasteiger charge is -2.37. The van der Waals surface area contributed by atoms with E-state index < -0.39 is 0 Å². The predicted molar refractivity (Wildman–Crippen MR) is 100 cm³/mol. The summed E-state index contributed by atoms with van der Waals surface area (Å²) in [7, 11) is 1.72. The largest absolute Gasteiger partial charge is 0.483 e. The van der Waals surface area contributed by atoms with E-state index in [1.54, 1.807) is 7.11 Å². The van der Waals surface area contributed by atoms with Gasteiger partial charge in [0.05, 0.1) is 6.61 Å². The van der Waals surface area contributed by atoms with Crippen LogP contribution in [0.15, 0.2) is 24.3 Å². The molecule has 1 amide bonds. The Balaban J connectivity index is 1.89. The van der Waals surface area contributed by atoms with Gasteiger partial charge in [-0.05, 0) is 43.0 Å². The number of amides is 1. The van der Waals surface area contributed by atoms with Crippen LogP contribution >= 0.6 is 0 Å². The molecular formula is C20H32N2O3. The van der Waals surface area contributed by atoms with E-state index in [1.807, 2.05) is 18.2 Å². The second kappa shape index (κ2) is 8.68. The van der Waals surface area contributed by atoms with E-state index in [0.29, 0.717) is 13.2 Å². The molecule has 0 saturated carbocycles. The van der Waals surface area contributed by atoms with Gasteiger partial charge in [0.1, 0.15) is 5.75 Å². The third-order valence-corrected chi connectivity index (χ3v) is 4.83. The molecule has 0 unspecified atom stereocenters. The summed E-state index contributed by atoms with van der Waals surface area (Å²) >= 11 is 0. The van der Waals surface area contributed by atoms with Gasteiger partial charge in [-0.15, -0.1) is 0 Å². The Morgan fingerprint density at radius 1 is 1.24 bits per heavy atom. The second-order valence-electron chi connectivity index (χ2n) is 7.99. The SMILES string of the molecule is COCC1(CNC(=O)COc2ccccc2C(C)(C)C)CCNCC1. The molecule has 2 N–H and O–H groups in total. The molecular weight excluding hydrogens is 316 g/mol. The fraction of sp³-hybridized carbons (Fsp3) is 0.650. The summed E-state index contributed by atoms with van der Waals surface area (Å²) in [5.74, 6) is 0.691. The Hall–Kier alpha value is -1.59. The molecule has 140 valence electrons. The maximum atomic E-state index is 12.3. The van der Waals surface area contributed by atoms with Crippen molar-refractivity contribution in [3.8, 4) is 5.75 Å². The zero-order chi connectivity index (χ0) is 18.3. The molecule has 1 aliphatic rings. The second-order valence-corrected chi connectivity index (χ2v) is 7.99. The van der Waals surface area contributed by atoms with Crippen molar-refractivity contribution >= 4 is 5.91 Å². The van der Waals surface area contributed by atoms with Gasteiger partial charge in [0.2, 0.25) is 0 Å². The molecule has 5 nitrogen and oxygen atoms in total. The maximum absolute atomic E-state index is 12.3. The van der Waals surface area contributed by atoms with Gasteiger partial charge in [0.15, 0.2) is 6.61 Å². The minimum atomic E-state index is -0.0854. The number of carbonyl (C=O) groups excluding carboxylic acids is 1. The molecule has 0 radical (unpaired) electrons. The molecule has 1 saturated heterocycles. The highest BCUT2D eigenvalue weighted by Gasteiger charge is 2.32. The van der Waals surface area contributed by atoms with Crippen molar-refractivity contribution in [1.82, 2.24) is 10.6 Å². The van der Waals surface area contributed by atoms with Crippen LogP contribution in [0.3, 0.4) is 0 Å². The molecule has 0 aromatic heterocycles. The first-order valence-corrected chi connectivity index (χ1v) is 9.05. The number of para-hydroxylation sites is 1. The fourth-order valence-corrected chi connectivity index (χ4v) is 3.33. The Kier molecular flexibility index (Phi) is 6.85. The number of hydrogen-bond donors (Lipinski definition) is 2. The van der Waals surface area contributed by atoms with Crippen molar-refractivity contribution in [1.29, 1.82) is 0 Å². The van der Waals surface area contributed by atoms with Crippen molar-refractivity contribution in [3.63, 3.8) is 0 Å². The smallest absolute Gasteiger partial charge is 0.257 e. The average Bonchev–Trinajstić information content (AvgIpc) is 2.59. The molecule has 5 heteroatoms. The number of methoxy groups -OCH3 is 1. The van der Waals surface area contributed by atoms with Crippen LogP contribution in [0, 0.1) is 5.41 Å². The van der Waals surface area contributed by atoms with E-state index in [2.05, 4.69) is 37.5 Å². The van der Waals surface area contributed by atoms with E-state index >= 15 is 0 Å². The highest BCUT2D eigenvalue weighted by atomic mass is 16.5. The van der Waals surface area contributed by atoms with Gasteiger partial charge in [0.25, 0.3) is 5.91 Å². The molecule has 0 aliphatic carbocycles. The van der Waals surface area contributed by atoms with E-state index in [9.17, 15) is 4.79 Å². The third kappa shape index (κ3) is 5.72. The number of carbonyl (C=O) groups is 1. The average molecular weight is 348 g/mol. The van der Waals surface area contributed by atoms with Crippen LogP contribution in [-0.2, 0) is 14.9 Å². The third-order valence-electron chi connectivity index (χ3n) is 4.83. The summed E-state index contributed by atoms with van der Waals surface area (Å²) in [4.78, 5) is 12.3. The summed E-state index contributed by atoms with van der Waals surface area (Å²) in [6, 6.07) is 7.91. The highest BCUT2D eigenvalue weighted by molar-refractivity contribution is 5.77. The number of ether oxygens (including phenoxy) is 2. The van der Waals surface area contributed by atoms with E-state index in [1.165, 1.54) is 0 Å². The molecule has 2 rings (SSSR count). The lowest BCUT2D eigenvalue weighted by atomic mass is 9.79. The van der Waals surface area contributed by atoms with Crippen LogP contribution in [0.4, 0.5) is 0 Å². The van der Waals surface area contributed by atoms with Crippen molar-refractivity contribution in [2.75, 3.05) is 40.0 Å². The Bertz CT molecular complexity index is 555. The minimum absolute atomic E-state index is 0.0231. The number of benzene rings is 1. The number of piperidine rings is 1. The summed E-state index contributed by atoms with van der Waals surface area (Å²) in [6.07, 6.45) is 2.02. The van der Waals surface area contributed by atoms with Crippen LogP contribution in [0.1, 0.15) is 39.2 Å². The fourth-order valence-electron chi connectivity index (χ4n) is 3.33. The number of rotatable bonds is 7. The molecule has 1 fully saturated rings. The van der Waals surface area contributed by atoms with Gasteiger partial charge in [-0.3, -0.25) is 4.79 Å². The standard InChI is InChI=1S/C20H32N2O3/c1-19(2,3)16-7-5-6-8-17(16)25-13-18(23)22-14-20(15-24-4)9-11-21-12-10-20/h5-8,21H,9-15H2,1-4H3,(H,22,23).